The second-order valence-corrected chi connectivity index (χ2v) is 9.58. The quantitative estimate of drug-likeness (QED) is 0.511. The third-order valence-electron chi connectivity index (χ3n) is 5.59. The van der Waals surface area contributed by atoms with Gasteiger partial charge in [-0.1, -0.05) is 29.8 Å². The van der Waals surface area contributed by atoms with Crippen molar-refractivity contribution in [2.75, 3.05) is 30.4 Å². The van der Waals surface area contributed by atoms with Gasteiger partial charge in [-0.3, -0.25) is 0 Å². The highest BCUT2D eigenvalue weighted by Crippen LogP contribution is 2.33. The highest BCUT2D eigenvalue weighted by molar-refractivity contribution is 6.32. The molecule has 0 radical (unpaired) electrons. The molecule has 1 aliphatic heterocycles. The normalized spacial score (nSPS) is 15.3. The van der Waals surface area contributed by atoms with Crippen molar-refractivity contribution in [3.8, 4) is 5.75 Å². The summed E-state index contributed by atoms with van der Waals surface area (Å²) in [5.74, 6) is 1.45. The number of fused-ring (bicyclic) bond motifs is 1. The van der Waals surface area contributed by atoms with Crippen LogP contribution in [0.15, 0.2) is 48.5 Å². The van der Waals surface area contributed by atoms with Gasteiger partial charge in [0.05, 0.1) is 17.6 Å². The fraction of sp³-hybridized carbons (Fsp3) is 0.400. The van der Waals surface area contributed by atoms with Crippen LogP contribution in [-0.2, 0) is 0 Å². The summed E-state index contributed by atoms with van der Waals surface area (Å²) in [6.45, 7) is 8.75. The van der Waals surface area contributed by atoms with Gasteiger partial charge >= 0.3 is 0 Å². The Bertz CT molecular complexity index is 1060. The molecule has 3 aromatic rings. The number of piperidine rings is 1. The maximum atomic E-state index is 6.18. The molecule has 0 spiro atoms. The molecule has 2 N–H and O–H groups in total. The van der Waals surface area contributed by atoms with Crippen molar-refractivity contribution in [3.63, 3.8) is 0 Å². The Hall–Kier alpha value is -2.50. The van der Waals surface area contributed by atoms with Crippen molar-refractivity contribution in [1.82, 2.24) is 10.3 Å². The van der Waals surface area contributed by atoms with Gasteiger partial charge < -0.3 is 20.3 Å². The minimum absolute atomic E-state index is 0.146. The van der Waals surface area contributed by atoms with E-state index in [1.807, 2.05) is 24.3 Å². The highest BCUT2D eigenvalue weighted by atomic mass is 35.5. The first kappa shape index (κ1) is 21.7. The third kappa shape index (κ3) is 5.23. The van der Waals surface area contributed by atoms with Crippen LogP contribution in [0.2, 0.25) is 5.02 Å². The maximum absolute atomic E-state index is 6.18. The van der Waals surface area contributed by atoms with Gasteiger partial charge in [0.1, 0.15) is 11.6 Å². The van der Waals surface area contributed by atoms with Crippen LogP contribution in [0, 0.1) is 0 Å². The van der Waals surface area contributed by atoms with E-state index in [0.29, 0.717) is 16.8 Å². The van der Waals surface area contributed by atoms with Crippen LogP contribution in [0.1, 0.15) is 33.6 Å². The molecule has 4 rings (SSSR count). The smallest absolute Gasteiger partial charge is 0.139 e. The largest absolute Gasteiger partial charge is 0.495 e. The summed E-state index contributed by atoms with van der Waals surface area (Å²) < 4.78 is 5.35. The van der Waals surface area contributed by atoms with Gasteiger partial charge in [-0.25, -0.2) is 4.98 Å². The number of para-hydroxylation sites is 1. The van der Waals surface area contributed by atoms with E-state index >= 15 is 0 Å². The summed E-state index contributed by atoms with van der Waals surface area (Å²) in [5, 5.41) is 8.96. The van der Waals surface area contributed by atoms with Crippen LogP contribution < -0.4 is 20.3 Å². The van der Waals surface area contributed by atoms with Gasteiger partial charge in [-0.05, 0) is 51.8 Å². The molecule has 0 unspecified atom stereocenters. The van der Waals surface area contributed by atoms with Gasteiger partial charge in [0, 0.05) is 53.6 Å². The van der Waals surface area contributed by atoms with Crippen LogP contribution in [0.5, 0.6) is 5.75 Å². The number of nitrogens with one attached hydrogen (secondary N) is 2. The molecule has 0 bridgehead atoms. The van der Waals surface area contributed by atoms with E-state index in [1.54, 1.807) is 7.11 Å². The van der Waals surface area contributed by atoms with Gasteiger partial charge in [0.2, 0.25) is 0 Å². The number of hydrogen-bond acceptors (Lipinski definition) is 5. The summed E-state index contributed by atoms with van der Waals surface area (Å²) in [5.41, 5.74) is 3.25. The van der Waals surface area contributed by atoms with Crippen molar-refractivity contribution in [1.29, 1.82) is 0 Å². The van der Waals surface area contributed by atoms with Crippen LogP contribution in [0.3, 0.4) is 0 Å². The van der Waals surface area contributed by atoms with E-state index in [2.05, 4.69) is 60.6 Å². The third-order valence-corrected chi connectivity index (χ3v) is 5.90. The minimum Gasteiger partial charge on any atom is -0.495 e. The zero-order chi connectivity index (χ0) is 22.0. The minimum atomic E-state index is 0.146. The monoisotopic (exact) mass is 438 g/mol. The molecule has 0 amide bonds. The Morgan fingerprint density at radius 1 is 1.06 bits per heavy atom. The lowest BCUT2D eigenvalue weighted by atomic mass is 9.99. The number of nitrogens with zero attached hydrogens (tertiary/aromatic N) is 2. The molecule has 2 heterocycles. The predicted molar refractivity (Wildman–Crippen MR) is 131 cm³/mol. The molecular weight excluding hydrogens is 408 g/mol. The average molecular weight is 439 g/mol. The fourth-order valence-corrected chi connectivity index (χ4v) is 4.44. The summed E-state index contributed by atoms with van der Waals surface area (Å²) in [6, 6.07) is 16.7. The van der Waals surface area contributed by atoms with Crippen molar-refractivity contribution < 1.29 is 4.74 Å². The lowest BCUT2D eigenvalue weighted by molar-refractivity contribution is 0.317. The number of aromatic nitrogens is 1. The molecule has 1 aliphatic rings. The van der Waals surface area contributed by atoms with Crippen LogP contribution in [0.4, 0.5) is 17.2 Å². The zero-order valence-corrected chi connectivity index (χ0v) is 19.5. The van der Waals surface area contributed by atoms with Gasteiger partial charge in [-0.15, -0.1) is 0 Å². The van der Waals surface area contributed by atoms with Gasteiger partial charge in [-0.2, -0.15) is 0 Å². The Morgan fingerprint density at radius 2 is 1.81 bits per heavy atom. The van der Waals surface area contributed by atoms with E-state index in [4.69, 9.17) is 21.3 Å². The summed E-state index contributed by atoms with van der Waals surface area (Å²) in [7, 11) is 1.62. The second kappa shape index (κ2) is 8.93. The lowest BCUT2D eigenvalue weighted by Gasteiger charge is -2.37. The highest BCUT2D eigenvalue weighted by Gasteiger charge is 2.24. The molecule has 31 heavy (non-hydrogen) atoms. The average Bonchev–Trinajstić information content (AvgIpc) is 2.74. The molecule has 1 fully saturated rings. The standard InChI is InChI=1S/C25H31ClN4O/c1-25(2,3)29-17-11-13-30(14-12-17)22-16-24(28-21-8-6-5-7-19(21)22)27-18-9-10-20(26)23(15-18)31-4/h5-10,15-17,29H,11-14H2,1-4H3,(H,27,28). The topological polar surface area (TPSA) is 49.4 Å². The van der Waals surface area contributed by atoms with Crippen LogP contribution >= 0.6 is 11.6 Å². The maximum Gasteiger partial charge on any atom is 0.139 e. The first-order valence-electron chi connectivity index (χ1n) is 10.9. The molecule has 0 atom stereocenters. The Labute approximate surface area is 189 Å². The fourth-order valence-electron chi connectivity index (χ4n) is 4.25. The number of halogens is 1. The summed E-state index contributed by atoms with van der Waals surface area (Å²) in [4.78, 5) is 7.33. The first-order chi connectivity index (χ1) is 14.8. The number of benzene rings is 2. The van der Waals surface area contributed by atoms with Crippen molar-refractivity contribution in [2.24, 2.45) is 0 Å². The number of pyridine rings is 1. The van der Waals surface area contributed by atoms with Crippen molar-refractivity contribution >= 4 is 39.7 Å². The summed E-state index contributed by atoms with van der Waals surface area (Å²) >= 11 is 6.18. The Balaban J connectivity index is 1.60. The van der Waals surface area contributed by atoms with Crippen LogP contribution in [0.25, 0.3) is 10.9 Å². The Kier molecular flexibility index (Phi) is 6.26. The Morgan fingerprint density at radius 3 is 2.52 bits per heavy atom. The lowest BCUT2D eigenvalue weighted by Crippen LogP contribution is -2.49. The van der Waals surface area contributed by atoms with E-state index in [9.17, 15) is 0 Å². The SMILES string of the molecule is COc1cc(Nc2cc(N3CCC(NC(C)(C)C)CC3)c3ccccc3n2)ccc1Cl. The summed E-state index contributed by atoms with van der Waals surface area (Å²) in [6.07, 6.45) is 2.26. The number of hydrogen-bond donors (Lipinski definition) is 2. The zero-order valence-electron chi connectivity index (χ0n) is 18.7. The number of rotatable bonds is 5. The molecule has 2 aromatic carbocycles. The van der Waals surface area contributed by atoms with Crippen molar-refractivity contribution in [3.05, 3.63) is 53.6 Å². The van der Waals surface area contributed by atoms with E-state index in [-0.39, 0.29) is 5.54 Å². The predicted octanol–water partition coefficient (Wildman–Crippen LogP) is 6.00. The number of ether oxygens (including phenoxy) is 1. The van der Waals surface area contributed by atoms with E-state index in [1.165, 1.54) is 11.1 Å². The molecule has 0 saturated carbocycles. The molecular formula is C25H31ClN4O. The second-order valence-electron chi connectivity index (χ2n) is 9.17. The molecule has 5 nitrogen and oxygen atoms in total. The number of methoxy groups -OCH3 is 1. The van der Waals surface area contributed by atoms with Crippen molar-refractivity contribution in [2.45, 2.75) is 45.2 Å². The van der Waals surface area contributed by atoms with E-state index < -0.39 is 0 Å². The molecule has 164 valence electrons. The molecule has 0 aliphatic carbocycles. The van der Waals surface area contributed by atoms with Gasteiger partial charge in [0.25, 0.3) is 0 Å². The van der Waals surface area contributed by atoms with E-state index in [0.717, 1.165) is 43.0 Å². The number of anilines is 3. The van der Waals surface area contributed by atoms with Gasteiger partial charge in [0.15, 0.2) is 0 Å². The molecule has 1 saturated heterocycles. The molecule has 6 heteroatoms. The first-order valence-corrected chi connectivity index (χ1v) is 11.2. The molecule has 1 aromatic heterocycles. The van der Waals surface area contributed by atoms with Crippen LogP contribution in [-0.4, -0.2) is 36.8 Å².